The molecule has 2 aromatic rings. The first-order valence-electron chi connectivity index (χ1n) is 5.87. The van der Waals surface area contributed by atoms with Crippen molar-refractivity contribution in [1.82, 2.24) is 10.3 Å². The third-order valence-electron chi connectivity index (χ3n) is 2.42. The zero-order chi connectivity index (χ0) is 12.8. The van der Waals surface area contributed by atoms with Gasteiger partial charge in [0.25, 0.3) is 0 Å². The van der Waals surface area contributed by atoms with Crippen LogP contribution in [0.1, 0.15) is 18.2 Å². The van der Waals surface area contributed by atoms with E-state index in [1.807, 2.05) is 36.6 Å². The summed E-state index contributed by atoms with van der Waals surface area (Å²) in [6, 6.07) is 8.00. The summed E-state index contributed by atoms with van der Waals surface area (Å²) >= 11 is 1.19. The molecule has 0 aliphatic rings. The molecule has 5 heteroatoms. The van der Waals surface area contributed by atoms with Gasteiger partial charge in [-0.15, -0.1) is 0 Å². The summed E-state index contributed by atoms with van der Waals surface area (Å²) < 4.78 is 5.44. The van der Waals surface area contributed by atoms with Gasteiger partial charge in [-0.25, -0.2) is 0 Å². The molecule has 1 heterocycles. The predicted molar refractivity (Wildman–Crippen MR) is 73.1 cm³/mol. The van der Waals surface area contributed by atoms with Crippen LogP contribution >= 0.6 is 11.3 Å². The number of nitrogens with one attached hydrogen (secondary N) is 2. The van der Waals surface area contributed by atoms with Crippen LogP contribution < -0.4 is 14.9 Å². The summed E-state index contributed by atoms with van der Waals surface area (Å²) in [6.07, 6.45) is 0. The molecule has 0 spiro atoms. The van der Waals surface area contributed by atoms with Gasteiger partial charge in [0.05, 0.1) is 6.61 Å². The zero-order valence-corrected chi connectivity index (χ0v) is 11.0. The lowest BCUT2D eigenvalue weighted by molar-refractivity contribution is 0.340. The first kappa shape index (κ1) is 12.9. The molecule has 0 unspecified atom stereocenters. The van der Waals surface area contributed by atoms with Gasteiger partial charge in [0, 0.05) is 24.2 Å². The number of aromatic nitrogens is 1. The lowest BCUT2D eigenvalue weighted by Crippen LogP contribution is -2.13. The molecule has 0 bridgehead atoms. The van der Waals surface area contributed by atoms with E-state index in [0.29, 0.717) is 13.2 Å². The van der Waals surface area contributed by atoms with Crippen molar-refractivity contribution in [2.24, 2.45) is 0 Å². The maximum absolute atomic E-state index is 11.0. The van der Waals surface area contributed by atoms with Gasteiger partial charge in [0.1, 0.15) is 5.75 Å². The second-order valence-corrected chi connectivity index (χ2v) is 4.70. The first-order valence-corrected chi connectivity index (χ1v) is 6.75. The largest absolute Gasteiger partial charge is 0.494 e. The van der Waals surface area contributed by atoms with Crippen LogP contribution in [0.2, 0.25) is 0 Å². The average Bonchev–Trinajstić information content (AvgIpc) is 2.76. The molecule has 1 aromatic heterocycles. The van der Waals surface area contributed by atoms with Gasteiger partial charge in [-0.3, -0.25) is 4.79 Å². The minimum absolute atomic E-state index is 0.00913. The fraction of sp³-hybridized carbons (Fsp3) is 0.308. The van der Waals surface area contributed by atoms with Crippen molar-refractivity contribution in [3.05, 3.63) is 50.6 Å². The Morgan fingerprint density at radius 1 is 1.39 bits per heavy atom. The Morgan fingerprint density at radius 2 is 2.28 bits per heavy atom. The minimum atomic E-state index is -0.00913. The van der Waals surface area contributed by atoms with E-state index >= 15 is 0 Å². The second kappa shape index (κ2) is 6.37. The van der Waals surface area contributed by atoms with Crippen LogP contribution in [0.25, 0.3) is 0 Å². The van der Waals surface area contributed by atoms with Crippen molar-refractivity contribution in [2.75, 3.05) is 6.61 Å². The Bertz CT molecular complexity index is 548. The molecule has 0 radical (unpaired) electrons. The molecule has 2 N–H and O–H groups in total. The van der Waals surface area contributed by atoms with E-state index in [4.69, 9.17) is 4.74 Å². The smallest absolute Gasteiger partial charge is 0.304 e. The quantitative estimate of drug-likeness (QED) is 0.840. The Hall–Kier alpha value is -1.59. The van der Waals surface area contributed by atoms with Crippen LogP contribution in [-0.4, -0.2) is 11.6 Å². The number of thiazole rings is 1. The van der Waals surface area contributed by atoms with Crippen LogP contribution in [0.5, 0.6) is 5.75 Å². The van der Waals surface area contributed by atoms with Gasteiger partial charge in [-0.05, 0) is 24.6 Å². The molecule has 1 aromatic carbocycles. The van der Waals surface area contributed by atoms with Crippen molar-refractivity contribution in [2.45, 2.75) is 20.0 Å². The van der Waals surface area contributed by atoms with Crippen LogP contribution in [0.15, 0.2) is 34.4 Å². The fourth-order valence-electron chi connectivity index (χ4n) is 1.65. The molecule has 18 heavy (non-hydrogen) atoms. The number of hydrogen-bond donors (Lipinski definition) is 2. The van der Waals surface area contributed by atoms with Crippen LogP contribution in [0.4, 0.5) is 0 Å². The number of aromatic amines is 1. The summed E-state index contributed by atoms with van der Waals surface area (Å²) in [5.74, 6) is 0.890. The fourth-order valence-corrected chi connectivity index (χ4v) is 2.24. The topological polar surface area (TPSA) is 54.1 Å². The van der Waals surface area contributed by atoms with Crippen molar-refractivity contribution in [3.8, 4) is 5.75 Å². The maximum Gasteiger partial charge on any atom is 0.304 e. The van der Waals surface area contributed by atoms with E-state index in [1.54, 1.807) is 0 Å². The Balaban J connectivity index is 1.86. The minimum Gasteiger partial charge on any atom is -0.494 e. The molecule has 4 nitrogen and oxygen atoms in total. The number of ether oxygens (including phenoxy) is 1. The van der Waals surface area contributed by atoms with Crippen LogP contribution in [0.3, 0.4) is 0 Å². The highest BCUT2D eigenvalue weighted by Crippen LogP contribution is 2.13. The molecule has 0 atom stereocenters. The maximum atomic E-state index is 11.0. The summed E-state index contributed by atoms with van der Waals surface area (Å²) in [5, 5.41) is 5.12. The van der Waals surface area contributed by atoms with E-state index in [0.717, 1.165) is 18.0 Å². The highest BCUT2D eigenvalue weighted by Gasteiger charge is 1.98. The van der Waals surface area contributed by atoms with Gasteiger partial charge in [0.15, 0.2) is 0 Å². The van der Waals surface area contributed by atoms with E-state index in [1.165, 1.54) is 16.9 Å². The molecular weight excluding hydrogens is 248 g/mol. The summed E-state index contributed by atoms with van der Waals surface area (Å²) in [5.41, 5.74) is 2.09. The van der Waals surface area contributed by atoms with Gasteiger partial charge in [-0.1, -0.05) is 23.5 Å². The highest BCUT2D eigenvalue weighted by molar-refractivity contribution is 7.07. The van der Waals surface area contributed by atoms with E-state index < -0.39 is 0 Å². The molecule has 96 valence electrons. The SMILES string of the molecule is CCOc1cccc(CNCc2csc(=O)[nH]2)c1. The predicted octanol–water partition coefficient (Wildman–Crippen LogP) is 2.12. The van der Waals surface area contributed by atoms with Crippen molar-refractivity contribution < 1.29 is 4.74 Å². The highest BCUT2D eigenvalue weighted by atomic mass is 32.1. The van der Waals surface area contributed by atoms with Gasteiger partial charge in [-0.2, -0.15) is 0 Å². The molecule has 0 aliphatic heterocycles. The van der Waals surface area contributed by atoms with E-state index in [9.17, 15) is 4.79 Å². The number of benzene rings is 1. The van der Waals surface area contributed by atoms with Crippen molar-refractivity contribution >= 4 is 11.3 Å². The van der Waals surface area contributed by atoms with Gasteiger partial charge >= 0.3 is 4.87 Å². The third-order valence-corrected chi connectivity index (χ3v) is 3.14. The molecular formula is C13H16N2O2S. The third kappa shape index (κ3) is 3.72. The number of H-pyrrole nitrogens is 1. The lowest BCUT2D eigenvalue weighted by atomic mass is 10.2. The second-order valence-electron chi connectivity index (χ2n) is 3.86. The standard InChI is InChI=1S/C13H16N2O2S/c1-2-17-12-5-3-4-10(6-12)7-14-8-11-9-18-13(16)15-11/h3-6,9,14H,2,7-8H2,1H3,(H,15,16). The molecule has 2 rings (SSSR count). The molecule has 0 aliphatic carbocycles. The van der Waals surface area contributed by atoms with Crippen LogP contribution in [0, 0.1) is 0 Å². The Labute approximate surface area is 110 Å². The monoisotopic (exact) mass is 264 g/mol. The average molecular weight is 264 g/mol. The summed E-state index contributed by atoms with van der Waals surface area (Å²) in [6.45, 7) is 4.06. The molecule has 0 fully saturated rings. The lowest BCUT2D eigenvalue weighted by Gasteiger charge is -2.06. The van der Waals surface area contributed by atoms with Crippen molar-refractivity contribution in [3.63, 3.8) is 0 Å². The van der Waals surface area contributed by atoms with Gasteiger partial charge < -0.3 is 15.0 Å². The van der Waals surface area contributed by atoms with E-state index in [-0.39, 0.29) is 4.87 Å². The molecule has 0 saturated carbocycles. The van der Waals surface area contributed by atoms with Gasteiger partial charge in [0.2, 0.25) is 0 Å². The number of hydrogen-bond acceptors (Lipinski definition) is 4. The Kier molecular flexibility index (Phi) is 4.55. The van der Waals surface area contributed by atoms with Crippen LogP contribution in [-0.2, 0) is 13.1 Å². The zero-order valence-electron chi connectivity index (χ0n) is 10.2. The van der Waals surface area contributed by atoms with E-state index in [2.05, 4.69) is 10.3 Å². The normalized spacial score (nSPS) is 10.5. The molecule has 0 saturated heterocycles. The first-order chi connectivity index (χ1) is 8.78. The summed E-state index contributed by atoms with van der Waals surface area (Å²) in [7, 11) is 0. The number of rotatable bonds is 6. The van der Waals surface area contributed by atoms with Crippen molar-refractivity contribution in [1.29, 1.82) is 0 Å². The molecule has 0 amide bonds. The summed E-state index contributed by atoms with van der Waals surface area (Å²) in [4.78, 5) is 13.7. The Morgan fingerprint density at radius 3 is 3.00 bits per heavy atom.